The number of anilines is 1. The molecule has 11 nitrogen and oxygen atoms in total. The number of aromatic nitrogens is 6. The third-order valence-electron chi connectivity index (χ3n) is 7.51. The van der Waals surface area contributed by atoms with E-state index in [1.165, 1.54) is 18.5 Å². The van der Waals surface area contributed by atoms with Crippen molar-refractivity contribution < 1.29 is 19.7 Å². The van der Waals surface area contributed by atoms with Crippen LogP contribution in [0.5, 0.6) is 5.75 Å². The lowest BCUT2D eigenvalue weighted by Gasteiger charge is -2.20. The van der Waals surface area contributed by atoms with Crippen LogP contribution in [0.3, 0.4) is 0 Å². The number of phenolic OH excluding ortho intramolecular Hbond substituents is 1. The fourth-order valence-corrected chi connectivity index (χ4v) is 5.51. The molecule has 0 aliphatic carbocycles. The molecule has 6 rings (SSSR count). The van der Waals surface area contributed by atoms with Gasteiger partial charge in [0.1, 0.15) is 29.4 Å². The second kappa shape index (κ2) is 11.8. The Morgan fingerprint density at radius 1 is 1.00 bits per heavy atom. The van der Waals surface area contributed by atoms with Crippen LogP contribution in [0.4, 0.5) is 10.2 Å². The largest absolute Gasteiger partial charge is 0.508 e. The minimum Gasteiger partial charge on any atom is -0.508 e. The van der Waals surface area contributed by atoms with Gasteiger partial charge in [0.2, 0.25) is 0 Å². The van der Waals surface area contributed by atoms with Crippen LogP contribution in [0.25, 0.3) is 39.2 Å². The van der Waals surface area contributed by atoms with Crippen LogP contribution in [0, 0.1) is 5.82 Å². The summed E-state index contributed by atoms with van der Waals surface area (Å²) >= 11 is 0. The van der Waals surface area contributed by atoms with Gasteiger partial charge in [-0.2, -0.15) is 5.10 Å². The summed E-state index contributed by atoms with van der Waals surface area (Å²) in [4.78, 5) is 15.4. The Kier molecular flexibility index (Phi) is 7.72. The van der Waals surface area contributed by atoms with E-state index in [9.17, 15) is 19.7 Å². The number of nitrogens with zero attached hydrogens (tertiary/aromatic N) is 7. The van der Waals surface area contributed by atoms with Crippen LogP contribution in [0.2, 0.25) is 0 Å². The fraction of sp³-hybridized carbons (Fsp3) is 0.226. The molecule has 1 atom stereocenters. The Morgan fingerprint density at radius 2 is 1.81 bits per heavy atom. The predicted octanol–water partition coefficient (Wildman–Crippen LogP) is 3.63. The van der Waals surface area contributed by atoms with Crippen LogP contribution in [0.1, 0.15) is 24.1 Å². The van der Waals surface area contributed by atoms with Crippen molar-refractivity contribution in [3.63, 3.8) is 0 Å². The molecule has 0 fully saturated rings. The van der Waals surface area contributed by atoms with Gasteiger partial charge in [0.25, 0.3) is 0 Å². The van der Waals surface area contributed by atoms with Crippen molar-refractivity contribution in [3.05, 3.63) is 90.3 Å². The molecule has 0 unspecified atom stereocenters. The number of phenols is 1. The van der Waals surface area contributed by atoms with Crippen LogP contribution >= 0.6 is 0 Å². The second-order valence-corrected chi connectivity index (χ2v) is 10.3. The number of halogens is 1. The molecule has 0 saturated heterocycles. The number of hydrogen-bond donors (Lipinski definition) is 4. The Balaban J connectivity index is 1.46. The molecule has 6 aromatic rings. The number of nitrogens with two attached hydrogens (primary N) is 1. The lowest BCUT2D eigenvalue weighted by Crippen LogP contribution is -2.29. The molecule has 0 aliphatic heterocycles. The summed E-state index contributed by atoms with van der Waals surface area (Å²) in [6, 6.07) is 15.3. The normalized spacial score (nSPS) is 12.5. The molecule has 0 spiro atoms. The highest BCUT2D eigenvalue weighted by atomic mass is 19.1. The number of nitrogen functional groups attached to an aromatic ring is 1. The second-order valence-electron chi connectivity index (χ2n) is 10.3. The van der Waals surface area contributed by atoms with Crippen LogP contribution in [-0.2, 0) is 6.54 Å². The van der Waals surface area contributed by atoms with Gasteiger partial charge in [0.05, 0.1) is 36.0 Å². The molecule has 12 heteroatoms. The summed E-state index contributed by atoms with van der Waals surface area (Å²) in [5.74, 6) is -0.641. The number of rotatable bonds is 10. The zero-order valence-electron chi connectivity index (χ0n) is 23.5. The van der Waals surface area contributed by atoms with Gasteiger partial charge in [0, 0.05) is 54.7 Å². The van der Waals surface area contributed by atoms with Gasteiger partial charge in [-0.15, -0.1) is 0 Å². The maximum atomic E-state index is 14.3. The third-order valence-corrected chi connectivity index (χ3v) is 7.51. The Bertz CT molecular complexity index is 1880. The highest BCUT2D eigenvalue weighted by molar-refractivity contribution is 5.98. The summed E-state index contributed by atoms with van der Waals surface area (Å²) in [6.45, 7) is 3.46. The zero-order valence-corrected chi connectivity index (χ0v) is 23.5. The molecule has 0 aliphatic rings. The summed E-state index contributed by atoms with van der Waals surface area (Å²) in [5.41, 5.74) is 11.9. The quantitative estimate of drug-likeness (QED) is 0.190. The lowest BCUT2D eigenvalue weighted by atomic mass is 10.1. The van der Waals surface area contributed by atoms with Crippen LogP contribution in [0.15, 0.2) is 73.3 Å². The Morgan fingerprint density at radius 3 is 2.53 bits per heavy atom. The maximum absolute atomic E-state index is 14.3. The first kappa shape index (κ1) is 28.2. The molecule has 0 bridgehead atoms. The first-order chi connectivity index (χ1) is 20.9. The van der Waals surface area contributed by atoms with Gasteiger partial charge >= 0.3 is 0 Å². The molecule has 5 heterocycles. The van der Waals surface area contributed by atoms with E-state index < -0.39 is 5.82 Å². The van der Waals surface area contributed by atoms with Crippen molar-refractivity contribution >= 4 is 22.4 Å². The van der Waals surface area contributed by atoms with Crippen molar-refractivity contribution in [2.45, 2.75) is 19.5 Å². The van der Waals surface area contributed by atoms with E-state index >= 15 is 0 Å². The average molecular weight is 583 g/mol. The zero-order chi connectivity index (χ0) is 30.1. The molecule has 0 radical (unpaired) electrons. The van der Waals surface area contributed by atoms with Crippen molar-refractivity contribution in [3.8, 4) is 28.4 Å². The average Bonchev–Trinajstić information content (AvgIpc) is 3.57. The number of pyridine rings is 2. The molecule has 0 saturated carbocycles. The number of hydrogen-bond acceptors (Lipinski definition) is 9. The van der Waals surface area contributed by atoms with Crippen molar-refractivity contribution in [2.75, 3.05) is 32.0 Å². The first-order valence-corrected chi connectivity index (χ1v) is 13.9. The van der Waals surface area contributed by atoms with Crippen LogP contribution in [-0.4, -0.2) is 75.7 Å². The molecule has 1 aromatic carbocycles. The molecular formula is C31H31FN8O3. The van der Waals surface area contributed by atoms with Gasteiger partial charge in [-0.25, -0.2) is 19.0 Å². The first-order valence-electron chi connectivity index (χ1n) is 13.9. The number of aromatic hydroxyl groups is 1. The minimum atomic E-state index is -0.604. The summed E-state index contributed by atoms with van der Waals surface area (Å²) in [6.07, 6.45) is 5.15. The monoisotopic (exact) mass is 582 g/mol. The molecule has 0 amide bonds. The van der Waals surface area contributed by atoms with Gasteiger partial charge in [-0.05, 0) is 48.9 Å². The van der Waals surface area contributed by atoms with Gasteiger partial charge in [-0.3, -0.25) is 9.88 Å². The van der Waals surface area contributed by atoms with Crippen molar-refractivity contribution in [1.82, 2.24) is 34.0 Å². The molecular weight excluding hydrogens is 551 g/mol. The van der Waals surface area contributed by atoms with E-state index in [1.54, 1.807) is 10.9 Å². The smallest absolute Gasteiger partial charge is 0.164 e. The predicted molar refractivity (Wildman–Crippen MR) is 161 cm³/mol. The maximum Gasteiger partial charge on any atom is 0.164 e. The molecule has 5 N–H and O–H groups in total. The topological polar surface area (TPSA) is 151 Å². The standard InChI is InChI=1S/C31H31FN8O3/c1-19(40-31-27(30(33)35-18-36-31)28(37-40)21-12-22(32)14-24(43)13-21)25-15-23-4-2-3-7-39(23)29(25)26-6-5-20(16-34-26)17-38(8-10-41)9-11-42/h2-7,12-16,18-19,41-43H,8-11,17H2,1H3,(H2,33,35,36)/t19-/m0/s1. The van der Waals surface area contributed by atoms with Gasteiger partial charge in [0.15, 0.2) is 5.65 Å². The van der Waals surface area contributed by atoms with E-state index in [1.807, 2.05) is 48.4 Å². The summed E-state index contributed by atoms with van der Waals surface area (Å²) in [7, 11) is 0. The number of benzene rings is 1. The fourth-order valence-electron chi connectivity index (χ4n) is 5.51. The molecule has 43 heavy (non-hydrogen) atoms. The van der Waals surface area contributed by atoms with E-state index in [0.29, 0.717) is 41.9 Å². The SMILES string of the molecule is C[C@@H](c1cc2ccccn2c1-c1ccc(CN(CCO)CCO)cn1)n1nc(-c2cc(O)cc(F)c2)c2c(N)ncnc21. The Labute approximate surface area is 246 Å². The van der Waals surface area contributed by atoms with Gasteiger partial charge < -0.3 is 25.5 Å². The Hall–Kier alpha value is -4.91. The van der Waals surface area contributed by atoms with E-state index in [-0.39, 0.29) is 30.8 Å². The lowest BCUT2D eigenvalue weighted by molar-refractivity contribution is 0.156. The highest BCUT2D eigenvalue weighted by Gasteiger charge is 2.25. The third kappa shape index (κ3) is 5.39. The highest BCUT2D eigenvalue weighted by Crippen LogP contribution is 2.38. The number of aliphatic hydroxyl groups excluding tert-OH is 2. The van der Waals surface area contributed by atoms with E-state index in [2.05, 4.69) is 20.4 Å². The van der Waals surface area contributed by atoms with E-state index in [4.69, 9.17) is 15.8 Å². The summed E-state index contributed by atoms with van der Waals surface area (Å²) < 4.78 is 18.1. The van der Waals surface area contributed by atoms with Crippen LogP contribution < -0.4 is 5.73 Å². The molecule has 5 aromatic heterocycles. The van der Waals surface area contributed by atoms with Crippen molar-refractivity contribution in [1.29, 1.82) is 0 Å². The summed E-state index contributed by atoms with van der Waals surface area (Å²) in [5, 5.41) is 34.1. The number of fused-ring (bicyclic) bond motifs is 2. The minimum absolute atomic E-state index is 0.00365. The van der Waals surface area contributed by atoms with E-state index in [0.717, 1.165) is 34.1 Å². The molecule has 220 valence electrons. The van der Waals surface area contributed by atoms with Gasteiger partial charge in [-0.1, -0.05) is 12.1 Å². The number of aliphatic hydroxyl groups is 2. The van der Waals surface area contributed by atoms with Crippen molar-refractivity contribution in [2.24, 2.45) is 0 Å².